The number of phenols is 1. The quantitative estimate of drug-likeness (QED) is 0.830. The Morgan fingerprint density at radius 1 is 1.06 bits per heavy atom. The summed E-state index contributed by atoms with van der Waals surface area (Å²) in [6.45, 7) is 2.03. The van der Waals surface area contributed by atoms with Crippen molar-refractivity contribution in [2.45, 2.75) is 6.92 Å². The van der Waals surface area contributed by atoms with E-state index in [9.17, 15) is 5.11 Å². The van der Waals surface area contributed by atoms with Crippen molar-refractivity contribution in [2.75, 3.05) is 7.11 Å². The molecule has 2 heteroatoms. The van der Waals surface area contributed by atoms with Crippen LogP contribution in [0.4, 0.5) is 0 Å². The van der Waals surface area contributed by atoms with Crippen LogP contribution in [0.5, 0.6) is 11.5 Å². The minimum atomic E-state index is 0.241. The van der Waals surface area contributed by atoms with E-state index in [1.165, 1.54) is 5.56 Å². The van der Waals surface area contributed by atoms with Gasteiger partial charge in [-0.3, -0.25) is 0 Å². The number of methoxy groups -OCH3 is 1. The number of hydrogen-bond donors (Lipinski definition) is 1. The van der Waals surface area contributed by atoms with E-state index in [1.54, 1.807) is 13.2 Å². The molecular weight excluding hydrogens is 200 g/mol. The molecular formula is C14H14O2. The van der Waals surface area contributed by atoms with Gasteiger partial charge in [0.2, 0.25) is 0 Å². The van der Waals surface area contributed by atoms with Crippen molar-refractivity contribution in [3.05, 3.63) is 48.0 Å². The Balaban J connectivity index is 2.48. The van der Waals surface area contributed by atoms with Gasteiger partial charge in [-0.25, -0.2) is 0 Å². The molecule has 2 aromatic carbocycles. The molecule has 82 valence electrons. The number of hydrogen-bond acceptors (Lipinski definition) is 2. The van der Waals surface area contributed by atoms with Crippen molar-refractivity contribution >= 4 is 0 Å². The van der Waals surface area contributed by atoms with Gasteiger partial charge in [-0.15, -0.1) is 0 Å². The first-order valence-electron chi connectivity index (χ1n) is 5.15. The number of rotatable bonds is 2. The van der Waals surface area contributed by atoms with Crippen LogP contribution in [-0.2, 0) is 0 Å². The summed E-state index contributed by atoms with van der Waals surface area (Å²) in [6, 6.07) is 13.4. The third-order valence-electron chi connectivity index (χ3n) is 2.53. The lowest BCUT2D eigenvalue weighted by atomic mass is 10.0. The molecule has 0 atom stereocenters. The fourth-order valence-electron chi connectivity index (χ4n) is 1.70. The van der Waals surface area contributed by atoms with Crippen LogP contribution < -0.4 is 4.74 Å². The second kappa shape index (κ2) is 4.27. The van der Waals surface area contributed by atoms with Crippen LogP contribution in [0.1, 0.15) is 5.56 Å². The Morgan fingerprint density at radius 2 is 1.88 bits per heavy atom. The molecule has 0 unspecified atom stereocenters. The average molecular weight is 214 g/mol. The summed E-state index contributed by atoms with van der Waals surface area (Å²) in [5, 5.41) is 9.89. The zero-order chi connectivity index (χ0) is 11.5. The third-order valence-corrected chi connectivity index (χ3v) is 2.53. The Hall–Kier alpha value is -1.96. The predicted molar refractivity (Wildman–Crippen MR) is 64.8 cm³/mol. The van der Waals surface area contributed by atoms with Gasteiger partial charge in [-0.1, -0.05) is 29.8 Å². The summed E-state index contributed by atoms with van der Waals surface area (Å²) in [6.07, 6.45) is 0. The molecule has 1 N–H and O–H groups in total. The molecule has 0 aromatic heterocycles. The van der Waals surface area contributed by atoms with E-state index in [0.29, 0.717) is 5.75 Å². The summed E-state index contributed by atoms with van der Waals surface area (Å²) in [4.78, 5) is 0. The molecule has 0 heterocycles. The largest absolute Gasteiger partial charge is 0.507 e. The van der Waals surface area contributed by atoms with Crippen LogP contribution in [0, 0.1) is 6.92 Å². The van der Waals surface area contributed by atoms with Gasteiger partial charge in [0.05, 0.1) is 7.11 Å². The molecule has 2 aromatic rings. The first-order chi connectivity index (χ1) is 7.70. The van der Waals surface area contributed by atoms with Crippen molar-refractivity contribution < 1.29 is 9.84 Å². The van der Waals surface area contributed by atoms with Gasteiger partial charge < -0.3 is 9.84 Å². The third kappa shape index (κ3) is 2.01. The Bertz CT molecular complexity index is 504. The summed E-state index contributed by atoms with van der Waals surface area (Å²) < 4.78 is 5.05. The number of aryl methyl sites for hydroxylation is 1. The van der Waals surface area contributed by atoms with Crippen molar-refractivity contribution in [1.82, 2.24) is 0 Å². The second-order valence-corrected chi connectivity index (χ2v) is 3.75. The van der Waals surface area contributed by atoms with E-state index in [0.717, 1.165) is 11.1 Å². The SMILES string of the molecule is COc1ccc(-c2cccc(C)c2)c(O)c1. The van der Waals surface area contributed by atoms with Crippen LogP contribution in [0.3, 0.4) is 0 Å². The highest BCUT2D eigenvalue weighted by molar-refractivity contribution is 5.71. The highest BCUT2D eigenvalue weighted by Crippen LogP contribution is 2.32. The van der Waals surface area contributed by atoms with Crippen LogP contribution >= 0.6 is 0 Å². The van der Waals surface area contributed by atoms with Crippen LogP contribution in [0.2, 0.25) is 0 Å². The van der Waals surface area contributed by atoms with E-state index in [-0.39, 0.29) is 5.75 Å². The Kier molecular flexibility index (Phi) is 2.82. The minimum Gasteiger partial charge on any atom is -0.507 e. The first-order valence-corrected chi connectivity index (χ1v) is 5.15. The molecule has 0 bridgehead atoms. The predicted octanol–water partition coefficient (Wildman–Crippen LogP) is 3.38. The standard InChI is InChI=1S/C14H14O2/c1-10-4-3-5-11(8-10)13-7-6-12(16-2)9-14(13)15/h3-9,15H,1-2H3. The number of benzene rings is 2. The average Bonchev–Trinajstić information content (AvgIpc) is 2.28. The van der Waals surface area contributed by atoms with E-state index < -0.39 is 0 Å². The molecule has 0 aliphatic carbocycles. The topological polar surface area (TPSA) is 29.5 Å². The lowest BCUT2D eigenvalue weighted by Crippen LogP contribution is -1.84. The van der Waals surface area contributed by atoms with Crippen molar-refractivity contribution in [3.63, 3.8) is 0 Å². The lowest BCUT2D eigenvalue weighted by Gasteiger charge is -2.07. The highest BCUT2D eigenvalue weighted by atomic mass is 16.5. The molecule has 0 saturated carbocycles. The maximum atomic E-state index is 9.89. The smallest absolute Gasteiger partial charge is 0.127 e. The molecule has 0 aliphatic rings. The normalized spacial score (nSPS) is 10.1. The zero-order valence-corrected chi connectivity index (χ0v) is 9.40. The first kappa shape index (κ1) is 10.6. The number of ether oxygens (including phenoxy) is 1. The molecule has 0 fully saturated rings. The molecule has 2 nitrogen and oxygen atoms in total. The molecule has 0 aliphatic heterocycles. The summed E-state index contributed by atoms with van der Waals surface area (Å²) in [5.74, 6) is 0.902. The monoisotopic (exact) mass is 214 g/mol. The molecule has 0 amide bonds. The molecule has 0 radical (unpaired) electrons. The van der Waals surface area contributed by atoms with Crippen LogP contribution in [0.15, 0.2) is 42.5 Å². The summed E-state index contributed by atoms with van der Waals surface area (Å²) >= 11 is 0. The second-order valence-electron chi connectivity index (χ2n) is 3.75. The summed E-state index contributed by atoms with van der Waals surface area (Å²) in [5.41, 5.74) is 3.01. The van der Waals surface area contributed by atoms with Gasteiger partial charge in [0, 0.05) is 11.6 Å². The Morgan fingerprint density at radius 3 is 2.50 bits per heavy atom. The van der Waals surface area contributed by atoms with E-state index in [4.69, 9.17) is 4.74 Å². The van der Waals surface area contributed by atoms with Gasteiger partial charge >= 0.3 is 0 Å². The van der Waals surface area contributed by atoms with Crippen molar-refractivity contribution in [1.29, 1.82) is 0 Å². The van der Waals surface area contributed by atoms with Crippen molar-refractivity contribution in [2.24, 2.45) is 0 Å². The zero-order valence-electron chi connectivity index (χ0n) is 9.40. The minimum absolute atomic E-state index is 0.241. The van der Waals surface area contributed by atoms with Gasteiger partial charge in [-0.2, -0.15) is 0 Å². The van der Waals surface area contributed by atoms with E-state index in [2.05, 4.69) is 0 Å². The molecule has 2 rings (SSSR count). The van der Waals surface area contributed by atoms with Gasteiger partial charge in [0.15, 0.2) is 0 Å². The van der Waals surface area contributed by atoms with Crippen molar-refractivity contribution in [3.8, 4) is 22.6 Å². The number of phenolic OH excluding ortho intramolecular Hbond substituents is 1. The van der Waals surface area contributed by atoms with Crippen LogP contribution in [-0.4, -0.2) is 12.2 Å². The van der Waals surface area contributed by atoms with E-state index in [1.807, 2.05) is 43.3 Å². The molecule has 16 heavy (non-hydrogen) atoms. The lowest BCUT2D eigenvalue weighted by molar-refractivity contribution is 0.408. The fourth-order valence-corrected chi connectivity index (χ4v) is 1.70. The van der Waals surface area contributed by atoms with Gasteiger partial charge in [0.25, 0.3) is 0 Å². The number of aromatic hydroxyl groups is 1. The van der Waals surface area contributed by atoms with Gasteiger partial charge in [0.1, 0.15) is 11.5 Å². The molecule has 0 saturated heterocycles. The van der Waals surface area contributed by atoms with Crippen LogP contribution in [0.25, 0.3) is 11.1 Å². The Labute approximate surface area is 95.1 Å². The van der Waals surface area contributed by atoms with E-state index >= 15 is 0 Å². The highest BCUT2D eigenvalue weighted by Gasteiger charge is 2.05. The fraction of sp³-hybridized carbons (Fsp3) is 0.143. The summed E-state index contributed by atoms with van der Waals surface area (Å²) in [7, 11) is 1.58. The maximum absolute atomic E-state index is 9.89. The maximum Gasteiger partial charge on any atom is 0.127 e. The molecule has 0 spiro atoms. The van der Waals surface area contributed by atoms with Gasteiger partial charge in [-0.05, 0) is 24.6 Å².